The molecular weight excluding hydrogens is 1840 g/mol. The molecule has 0 bridgehead atoms. The normalized spacial score (nSPS) is 27.6. The van der Waals surface area contributed by atoms with Crippen molar-refractivity contribution in [3.05, 3.63) is 290 Å². The van der Waals surface area contributed by atoms with Crippen molar-refractivity contribution >= 4 is 120 Å². The molecule has 41 heteroatoms. The number of aliphatic hydroxyl groups is 1. The second-order valence-electron chi connectivity index (χ2n) is 32.5. The first-order valence-electron chi connectivity index (χ1n) is 41.2. The number of rotatable bonds is 14. The number of hydrogen-bond donors (Lipinski definition) is 6. The van der Waals surface area contributed by atoms with Crippen LogP contribution in [-0.2, 0) is 60.9 Å². The Bertz CT molecular complexity index is 5720. The van der Waals surface area contributed by atoms with Crippen molar-refractivity contribution in [2.75, 3.05) is 68.4 Å². The van der Waals surface area contributed by atoms with Gasteiger partial charge in [0, 0.05) is 115 Å². The Kier molecular flexibility index (Phi) is 30.9. The highest BCUT2D eigenvalue weighted by molar-refractivity contribution is 8.15. The fourth-order valence-corrected chi connectivity index (χ4v) is 23.0. The summed E-state index contributed by atoms with van der Waals surface area (Å²) in [4.78, 5) is 94.0. The Hall–Kier alpha value is -10.6. The third-order valence-corrected chi connectivity index (χ3v) is 28.4. The van der Waals surface area contributed by atoms with Gasteiger partial charge in [0.2, 0.25) is 0 Å². The molecule has 8 aromatic carbocycles. The summed E-state index contributed by atoms with van der Waals surface area (Å²) in [5.74, 6) is -4.57. The zero-order valence-corrected chi connectivity index (χ0v) is 74.3. The van der Waals surface area contributed by atoms with E-state index in [0.717, 1.165) is 36.2 Å². The minimum atomic E-state index is -2.85. The summed E-state index contributed by atoms with van der Waals surface area (Å²) in [5, 5.41) is 33.0. The van der Waals surface area contributed by atoms with Crippen LogP contribution in [0.2, 0.25) is 0 Å². The van der Waals surface area contributed by atoms with Crippen molar-refractivity contribution < 1.29 is 111 Å². The molecule has 0 aromatic heterocycles. The van der Waals surface area contributed by atoms with E-state index in [1.165, 1.54) is 83.4 Å². The van der Waals surface area contributed by atoms with Crippen LogP contribution in [0.1, 0.15) is 79.7 Å². The summed E-state index contributed by atoms with van der Waals surface area (Å²) < 4.78 is 185. The number of alkyl carbamates (subject to hydrolysis) is 1. The second-order valence-corrected chi connectivity index (χ2v) is 37.6. The molecule has 0 aliphatic carbocycles. The highest BCUT2D eigenvalue weighted by Gasteiger charge is 2.62. The van der Waals surface area contributed by atoms with Crippen LogP contribution in [0.5, 0.6) is 0 Å². The van der Waals surface area contributed by atoms with Crippen molar-refractivity contribution in [1.82, 2.24) is 21.3 Å². The maximum absolute atomic E-state index is 14.7. The number of nitro benzene ring substituents is 1. The standard InChI is InChI=1S/C20H17F3N2O2S.C20H19FN2O3S.C20H17FN2O3S.C18H20F3N3O5S.C13H13F3N2OS/c21-15-9-5-4-8-13(15)20-11-27-16(17(22)23)14(20)10-28-19(25-20)24-18(26)12-6-2-1-3-7-12;2*21-16-9-5-4-8-14(16)20-12-26-17(10-24)15(20)11-27-19(23-20)22-18(25)13-6-2-1-3-7-13;1-17(2,3)29-16(25)22-15-23-18(8-28-13(14(20)21)11(18)7-30-15)10-6-9(24(26)27)4-5-12(10)19;14-9-4-2-1-3-7(9)13-6-19-10(11(15)16)8(13)5-20-12(17)18-13/h1-9,14,16-17H,10-11H2,(H,24,25,26);1-9,15,17,24H,10-12H2,(H,22,23,25);1-10,15,17H,11-12H2,(H,22,23,25);4-6,11,13-14H,7-8H2,1-3H3,(H,22,23,25);1-4,8,10-11H,5-6H2,(H2,17,18)/t14-,16+,20-;2*15-,17-,20-;11-,13+,18-;8-,10+,13-/m11111/s1. The number of fused-ring (bicyclic) bond motifs is 5. The molecule has 696 valence electrons. The monoisotopic (exact) mass is 1930 g/mol. The van der Waals surface area contributed by atoms with Gasteiger partial charge in [-0.3, -0.25) is 29.8 Å². The fraction of sp³-hybridized carbons (Fsp3) is 0.363. The fourth-order valence-electron chi connectivity index (χ4n) is 17.2. The smallest absolute Gasteiger partial charge is 0.413 e. The number of hydrogen-bond acceptors (Lipinski definition) is 25. The Balaban J connectivity index is 0.000000133. The van der Waals surface area contributed by atoms with Crippen molar-refractivity contribution in [3.63, 3.8) is 0 Å². The van der Waals surface area contributed by atoms with E-state index < -0.39 is 147 Å². The molecule has 25 nitrogen and oxygen atoms in total. The molecule has 0 radical (unpaired) electrons. The molecule has 0 spiro atoms. The number of non-ortho nitro benzene ring substituents is 1. The number of halogens is 11. The number of nitrogens with two attached hydrogens (primary N) is 1. The first-order valence-corrected chi connectivity index (χ1v) is 46.1. The Labute approximate surface area is 770 Å². The van der Waals surface area contributed by atoms with Crippen LogP contribution in [0.25, 0.3) is 0 Å². The van der Waals surface area contributed by atoms with Crippen LogP contribution in [0.3, 0.4) is 0 Å². The van der Waals surface area contributed by atoms with E-state index in [-0.39, 0.29) is 112 Å². The maximum Gasteiger partial charge on any atom is 0.413 e. The number of aldehydes is 1. The number of amides is 4. The number of thioether (sulfide) groups is 5. The van der Waals surface area contributed by atoms with E-state index in [1.54, 1.807) is 160 Å². The lowest BCUT2D eigenvalue weighted by molar-refractivity contribution is -0.385. The van der Waals surface area contributed by atoms with Gasteiger partial charge in [0.1, 0.15) is 93.1 Å². The third kappa shape index (κ3) is 20.8. The molecule has 5 saturated heterocycles. The molecule has 0 saturated carbocycles. The van der Waals surface area contributed by atoms with Gasteiger partial charge in [-0.2, -0.15) is 0 Å². The summed E-state index contributed by atoms with van der Waals surface area (Å²) in [7, 11) is 0. The molecule has 10 heterocycles. The van der Waals surface area contributed by atoms with Crippen LogP contribution in [0.15, 0.2) is 231 Å². The summed E-state index contributed by atoms with van der Waals surface area (Å²) in [5.41, 5.74) is 1.02. The molecular formula is C91H86F11N11O14S5. The van der Waals surface area contributed by atoms with Gasteiger partial charge in [0.05, 0.1) is 50.7 Å². The second kappa shape index (κ2) is 41.9. The number of alkyl halides is 6. The predicted molar refractivity (Wildman–Crippen MR) is 479 cm³/mol. The van der Waals surface area contributed by atoms with Crippen LogP contribution in [0.4, 0.5) is 58.8 Å². The van der Waals surface area contributed by atoms with Crippen molar-refractivity contribution in [2.45, 2.75) is 104 Å². The summed E-state index contributed by atoms with van der Waals surface area (Å²) in [6.45, 7) is 4.44. The highest BCUT2D eigenvalue weighted by atomic mass is 32.2. The quantitative estimate of drug-likeness (QED) is 0.0255. The van der Waals surface area contributed by atoms with E-state index in [2.05, 4.69) is 36.2 Å². The SMILES string of the molecule is CC(C)(C)OC(=O)NC1=N[C@@]2(c3cc([N+](=O)[O-])ccc3F)CO[C@H](C(F)F)[C@H]2CS1.NC1=N[C@@]2(c3ccccc3F)CO[C@H](C(F)F)[C@H]2CS1.O=C(NC1=N[C@@]2(c3ccccc3F)CO[C@H](C(F)F)[C@H]2CS1)c1ccccc1.O=C(NC1=N[C@@]2(c3ccccc3F)CO[C@H](CO)[C@H]2CS1)c1ccccc1.O=C[C@H]1OC[C@]2(c3ccccc3F)N=C(NC(=O)c3ccccc3)SC[C@H]12. The molecule has 15 atom stereocenters. The van der Waals surface area contributed by atoms with E-state index in [9.17, 15) is 87.5 Å². The maximum atomic E-state index is 14.7. The number of ether oxygens (including phenoxy) is 6. The summed E-state index contributed by atoms with van der Waals surface area (Å²) in [6, 6.07) is 54.0. The lowest BCUT2D eigenvalue weighted by atomic mass is 9.78. The van der Waals surface area contributed by atoms with E-state index in [0.29, 0.717) is 55.4 Å². The number of nitro groups is 1. The van der Waals surface area contributed by atoms with Gasteiger partial charge in [-0.1, -0.05) is 186 Å². The lowest BCUT2D eigenvalue weighted by Gasteiger charge is -2.36. The first kappa shape index (κ1) is 97.4. The minimum absolute atomic E-state index is 0.0323. The van der Waals surface area contributed by atoms with E-state index in [1.807, 2.05) is 12.1 Å². The topological polar surface area (TPSA) is 340 Å². The van der Waals surface area contributed by atoms with Crippen LogP contribution < -0.4 is 27.0 Å². The average Bonchev–Trinajstić information content (AvgIpc) is 1.56. The van der Waals surface area contributed by atoms with Crippen molar-refractivity contribution in [2.24, 2.45) is 60.3 Å². The van der Waals surface area contributed by atoms with Crippen molar-refractivity contribution in [3.8, 4) is 0 Å². The molecule has 8 aromatic rings. The van der Waals surface area contributed by atoms with Gasteiger partial charge in [-0.05, 0) is 87.5 Å². The molecule has 132 heavy (non-hydrogen) atoms. The zero-order valence-electron chi connectivity index (χ0n) is 70.2. The van der Waals surface area contributed by atoms with Crippen LogP contribution >= 0.6 is 58.8 Å². The van der Waals surface area contributed by atoms with Crippen LogP contribution in [-0.4, -0.2) is 190 Å². The molecule has 0 unspecified atom stereocenters. The molecule has 10 aliphatic heterocycles. The Morgan fingerprint density at radius 3 is 1.12 bits per heavy atom. The number of nitrogens with one attached hydrogen (secondary N) is 4. The number of carbonyl (C=O) groups is 5. The molecule has 4 amide bonds. The number of aliphatic hydroxyl groups excluding tert-OH is 1. The third-order valence-electron chi connectivity index (χ3n) is 23.6. The molecule has 10 aliphatic rings. The van der Waals surface area contributed by atoms with Gasteiger partial charge >= 0.3 is 6.09 Å². The first-order chi connectivity index (χ1) is 63.3. The minimum Gasteiger partial charge on any atom is -0.444 e. The Morgan fingerprint density at radius 1 is 0.447 bits per heavy atom. The molecule has 7 N–H and O–H groups in total. The number of aliphatic imine (C=N–C) groups is 5. The number of benzene rings is 8. The zero-order chi connectivity index (χ0) is 94.0. The molecule has 5 fully saturated rings. The predicted octanol–water partition coefficient (Wildman–Crippen LogP) is 15.4. The highest BCUT2D eigenvalue weighted by Crippen LogP contribution is 2.55. The van der Waals surface area contributed by atoms with Gasteiger partial charge < -0.3 is 60.0 Å². The summed E-state index contributed by atoms with van der Waals surface area (Å²) >= 11 is 6.09. The number of nitrogens with zero attached hydrogens (tertiary/aromatic N) is 6. The largest absolute Gasteiger partial charge is 0.444 e. The van der Waals surface area contributed by atoms with Gasteiger partial charge in [-0.25, -0.2) is 78.1 Å². The number of carbonyl (C=O) groups excluding carboxylic acids is 5. The van der Waals surface area contributed by atoms with Crippen molar-refractivity contribution in [1.29, 1.82) is 0 Å². The van der Waals surface area contributed by atoms with Gasteiger partial charge in [0.25, 0.3) is 42.7 Å². The van der Waals surface area contributed by atoms with Gasteiger partial charge in [-0.15, -0.1) is 0 Å². The molecule has 18 rings (SSSR count). The average molecular weight is 1930 g/mol. The number of amidine groups is 5. The van der Waals surface area contributed by atoms with E-state index >= 15 is 0 Å². The summed E-state index contributed by atoms with van der Waals surface area (Å²) in [6.07, 6.45) is -13.4. The Morgan fingerprint density at radius 2 is 0.758 bits per heavy atom. The lowest BCUT2D eigenvalue weighted by Crippen LogP contribution is -2.46. The van der Waals surface area contributed by atoms with Crippen LogP contribution in [0, 0.1) is 68.8 Å². The van der Waals surface area contributed by atoms with Gasteiger partial charge in [0.15, 0.2) is 25.8 Å². The van der Waals surface area contributed by atoms with E-state index in [4.69, 9.17) is 44.1 Å².